The van der Waals surface area contributed by atoms with Gasteiger partial charge in [-0.25, -0.2) is 9.97 Å². The first-order valence-corrected chi connectivity index (χ1v) is 15.5. The third-order valence-electron chi connectivity index (χ3n) is 9.10. The molecule has 0 bridgehead atoms. The molecule has 0 spiro atoms. The first-order valence-electron chi connectivity index (χ1n) is 14.7. The number of ether oxygens (including phenoxy) is 1. The molecule has 3 aromatic rings. The van der Waals surface area contributed by atoms with Crippen molar-refractivity contribution < 1.29 is 4.74 Å². The molecular weight excluding hydrogens is 496 g/mol. The number of fused-ring (bicyclic) bond motifs is 1. The minimum Gasteiger partial charge on any atom is -0.381 e. The van der Waals surface area contributed by atoms with Gasteiger partial charge in [0, 0.05) is 70.1 Å². The van der Waals surface area contributed by atoms with Crippen LogP contribution in [0.5, 0.6) is 0 Å². The van der Waals surface area contributed by atoms with Gasteiger partial charge in [0.15, 0.2) is 0 Å². The van der Waals surface area contributed by atoms with Crippen LogP contribution >= 0.6 is 11.5 Å². The van der Waals surface area contributed by atoms with Crippen LogP contribution in [0.3, 0.4) is 0 Å². The number of nitrogens with zero attached hydrogens (tertiary/aromatic N) is 7. The zero-order valence-corrected chi connectivity index (χ0v) is 23.3. The second-order valence-corrected chi connectivity index (χ2v) is 12.5. The summed E-state index contributed by atoms with van der Waals surface area (Å²) in [5, 5.41) is 9.59. The molecule has 0 atom stereocenters. The van der Waals surface area contributed by atoms with Gasteiger partial charge in [-0.2, -0.15) is 9.47 Å². The van der Waals surface area contributed by atoms with Gasteiger partial charge in [-0.3, -0.25) is 14.5 Å². The van der Waals surface area contributed by atoms with E-state index in [0.29, 0.717) is 18.5 Å². The van der Waals surface area contributed by atoms with Crippen molar-refractivity contribution in [2.24, 2.45) is 0 Å². The van der Waals surface area contributed by atoms with Crippen LogP contribution in [-0.2, 0) is 11.2 Å². The second-order valence-electron chi connectivity index (χ2n) is 11.7. The maximum absolute atomic E-state index is 5.52. The highest BCUT2D eigenvalue weighted by Crippen LogP contribution is 2.33. The van der Waals surface area contributed by atoms with Crippen LogP contribution in [0.4, 0.5) is 5.82 Å². The number of aryl methyl sites for hydroxylation is 1. The topological polar surface area (TPSA) is 84.2 Å². The Kier molecular flexibility index (Phi) is 7.06. The lowest BCUT2D eigenvalue weighted by atomic mass is 9.89. The third kappa shape index (κ3) is 5.33. The predicted octanol–water partition coefficient (Wildman–Crippen LogP) is 4.04. The van der Waals surface area contributed by atoms with Crippen molar-refractivity contribution in [1.82, 2.24) is 33.9 Å². The molecule has 204 valence electrons. The fraction of sp³-hybridized carbons (Fsp3) is 0.714. The number of piperazine rings is 1. The Morgan fingerprint density at radius 2 is 1.58 bits per heavy atom. The molecule has 38 heavy (non-hydrogen) atoms. The second kappa shape index (κ2) is 10.8. The number of nitrogens with one attached hydrogen (secondary N) is 1. The van der Waals surface area contributed by atoms with Gasteiger partial charge in [-0.1, -0.05) is 0 Å². The Labute approximate surface area is 229 Å². The van der Waals surface area contributed by atoms with Crippen LogP contribution in [0.2, 0.25) is 0 Å². The average molecular weight is 537 g/mol. The highest BCUT2D eigenvalue weighted by atomic mass is 32.1. The monoisotopic (exact) mass is 536 g/mol. The van der Waals surface area contributed by atoms with Gasteiger partial charge in [0.1, 0.15) is 16.5 Å². The Morgan fingerprint density at radius 1 is 0.895 bits per heavy atom. The van der Waals surface area contributed by atoms with Crippen LogP contribution in [0.25, 0.3) is 10.2 Å². The van der Waals surface area contributed by atoms with E-state index in [1.807, 2.05) is 6.20 Å². The van der Waals surface area contributed by atoms with Gasteiger partial charge in [0.25, 0.3) is 0 Å². The fourth-order valence-electron chi connectivity index (χ4n) is 6.70. The number of anilines is 1. The van der Waals surface area contributed by atoms with E-state index in [9.17, 15) is 0 Å². The summed E-state index contributed by atoms with van der Waals surface area (Å²) in [4.78, 5) is 16.4. The molecule has 0 aromatic carbocycles. The van der Waals surface area contributed by atoms with Gasteiger partial charge in [-0.15, -0.1) is 0 Å². The summed E-state index contributed by atoms with van der Waals surface area (Å²) in [7, 11) is 0. The van der Waals surface area contributed by atoms with E-state index in [1.54, 1.807) is 0 Å². The summed E-state index contributed by atoms with van der Waals surface area (Å²) in [5.41, 5.74) is 2.18. The quantitative estimate of drug-likeness (QED) is 0.485. The Morgan fingerprint density at radius 3 is 2.26 bits per heavy atom. The van der Waals surface area contributed by atoms with E-state index in [1.165, 1.54) is 76.2 Å². The van der Waals surface area contributed by atoms with Gasteiger partial charge in [0.2, 0.25) is 0 Å². The maximum Gasteiger partial charge on any atom is 0.149 e. The molecule has 3 aromatic heterocycles. The van der Waals surface area contributed by atoms with Crippen LogP contribution in [0.15, 0.2) is 12.4 Å². The molecule has 4 fully saturated rings. The zero-order valence-electron chi connectivity index (χ0n) is 22.5. The van der Waals surface area contributed by atoms with E-state index in [-0.39, 0.29) is 0 Å². The van der Waals surface area contributed by atoms with Crippen LogP contribution in [0.1, 0.15) is 74.5 Å². The summed E-state index contributed by atoms with van der Waals surface area (Å²) in [6.45, 7) is 8.74. The summed E-state index contributed by atoms with van der Waals surface area (Å²) < 4.78 is 12.2. The molecule has 7 rings (SSSR count). The number of hydrogen-bond acceptors (Lipinski definition) is 9. The molecular formula is C28H40N8OS. The molecule has 2 saturated heterocycles. The molecule has 0 radical (unpaired) electrons. The molecule has 9 nitrogen and oxygen atoms in total. The van der Waals surface area contributed by atoms with Crippen molar-refractivity contribution in [3.63, 3.8) is 0 Å². The van der Waals surface area contributed by atoms with Gasteiger partial charge in [-0.05, 0) is 75.4 Å². The highest BCUT2D eigenvalue weighted by Gasteiger charge is 2.34. The number of hydrogen-bond donors (Lipinski definition) is 1. The van der Waals surface area contributed by atoms with Crippen LogP contribution < -0.4 is 5.32 Å². The minimum absolute atomic E-state index is 0.430. The van der Waals surface area contributed by atoms with Crippen molar-refractivity contribution in [2.75, 3.05) is 44.7 Å². The summed E-state index contributed by atoms with van der Waals surface area (Å²) in [6.07, 6.45) is 14.7. The molecule has 2 aliphatic carbocycles. The number of rotatable bonds is 7. The third-order valence-corrected chi connectivity index (χ3v) is 9.93. The van der Waals surface area contributed by atoms with Crippen molar-refractivity contribution in [1.29, 1.82) is 0 Å². The largest absolute Gasteiger partial charge is 0.381 e. The van der Waals surface area contributed by atoms with Gasteiger partial charge >= 0.3 is 0 Å². The lowest BCUT2D eigenvalue weighted by Gasteiger charge is -2.42. The predicted molar refractivity (Wildman–Crippen MR) is 150 cm³/mol. The lowest BCUT2D eigenvalue weighted by molar-refractivity contribution is 0.0662. The van der Waals surface area contributed by atoms with Crippen molar-refractivity contribution in [3.8, 4) is 0 Å². The molecule has 5 heterocycles. The Balaban J connectivity index is 1.00. The van der Waals surface area contributed by atoms with Gasteiger partial charge < -0.3 is 10.1 Å². The summed E-state index contributed by atoms with van der Waals surface area (Å²) in [5.74, 6) is 1.81. The SMILES string of the molecule is Cc1nsc2nc(Cc3cnn(C4CCOCC4)c3)nc(NC3CCC(N4CCN(C5CC5)CC4)CC3)c12. The first-order chi connectivity index (χ1) is 18.7. The van der Waals surface area contributed by atoms with E-state index >= 15 is 0 Å². The molecule has 2 saturated carbocycles. The Hall–Kier alpha value is -2.14. The first kappa shape index (κ1) is 24.9. The molecule has 2 aliphatic heterocycles. The maximum atomic E-state index is 5.52. The fourth-order valence-corrected chi connectivity index (χ4v) is 7.50. The van der Waals surface area contributed by atoms with Crippen LogP contribution in [0, 0.1) is 6.92 Å². The summed E-state index contributed by atoms with van der Waals surface area (Å²) in [6, 6.07) is 2.54. The molecule has 0 amide bonds. The minimum atomic E-state index is 0.430. The Bertz CT molecular complexity index is 1230. The highest BCUT2D eigenvalue weighted by molar-refractivity contribution is 7.13. The average Bonchev–Trinajstić information content (AvgIpc) is 3.59. The van der Waals surface area contributed by atoms with E-state index < -0.39 is 0 Å². The van der Waals surface area contributed by atoms with Crippen molar-refractivity contribution >= 4 is 27.6 Å². The molecule has 1 N–H and O–H groups in total. The lowest BCUT2D eigenvalue weighted by Crippen LogP contribution is -2.52. The molecule has 10 heteroatoms. The van der Waals surface area contributed by atoms with Gasteiger partial charge in [0.05, 0.1) is 23.3 Å². The van der Waals surface area contributed by atoms with Crippen molar-refractivity contribution in [2.45, 2.75) is 88.9 Å². The smallest absolute Gasteiger partial charge is 0.149 e. The molecule has 4 aliphatic rings. The number of aromatic nitrogens is 5. The standard InChI is InChI=1S/C28H40N8OS/c1-19-26-27(30-21-2-4-22(5-3-21)34-10-12-35(13-11-34)23-6-7-23)31-25(32-28(26)38-33-19)16-20-17-29-36(18-20)24-8-14-37-15-9-24/h17-18,21-24H,2-16H2,1H3,(H,30,31,32). The van der Waals surface area contributed by atoms with E-state index in [4.69, 9.17) is 14.7 Å². The summed E-state index contributed by atoms with van der Waals surface area (Å²) >= 11 is 1.48. The van der Waals surface area contributed by atoms with Crippen LogP contribution in [-0.4, -0.2) is 91.4 Å². The van der Waals surface area contributed by atoms with E-state index in [2.05, 4.69) is 42.4 Å². The normalized spacial score (nSPS) is 26.2. The van der Waals surface area contributed by atoms with E-state index in [0.717, 1.165) is 71.3 Å². The zero-order chi connectivity index (χ0) is 25.5. The van der Waals surface area contributed by atoms with Crippen molar-refractivity contribution in [3.05, 3.63) is 29.5 Å². The molecule has 0 unspecified atom stereocenters.